The van der Waals surface area contributed by atoms with Gasteiger partial charge in [0.15, 0.2) is 0 Å². The minimum absolute atomic E-state index is 0.185. The highest BCUT2D eigenvalue weighted by Crippen LogP contribution is 2.46. The maximum atomic E-state index is 7.53. The van der Waals surface area contributed by atoms with Gasteiger partial charge in [0.1, 0.15) is 57.5 Å². The highest BCUT2D eigenvalue weighted by atomic mass is 16.5. The molecule has 12 heteroatoms. The standard InChI is InChI=1S/C84H49B3N4O5/c1-4-20-49(21-5-1)69-36-52-26-10-15-31-66(52)89(69)55-39-65-82-77(40-55)92-72-34-18-13-29-58(72)85(82)60-45-61-74(47-64(60)88-65)94-80-43-57(91-68-33-17-12-28-54(68)38-71(91)51-24-8-3-9-25-51)44-81-84(80)87(61)63-46-62-75(48-76(63)96-81)95-79-42-56(41-78-83(79)86(62)59-30-14-19-35-73(59)93-78)90-67-32-16-11-27-53(67)37-70(90)50-22-6-2-7-23-50/h1-48,88H. The Balaban J connectivity index is 0.755. The van der Waals surface area contributed by atoms with Crippen molar-refractivity contribution >= 4 is 113 Å². The Kier molecular flexibility index (Phi) is 10.6. The molecule has 96 heavy (non-hydrogen) atoms. The first kappa shape index (κ1) is 52.0. The first-order chi connectivity index (χ1) is 47.5. The fourth-order valence-corrected chi connectivity index (χ4v) is 16.6. The maximum absolute atomic E-state index is 7.53. The summed E-state index contributed by atoms with van der Waals surface area (Å²) in [7, 11) is 0. The van der Waals surface area contributed by atoms with Gasteiger partial charge in [0.25, 0.3) is 20.1 Å². The smallest absolute Gasteiger partial charge is 0.260 e. The molecule has 0 unspecified atom stereocenters. The van der Waals surface area contributed by atoms with Crippen LogP contribution in [0.15, 0.2) is 291 Å². The average Bonchev–Trinajstić information content (AvgIpc) is 0.850. The van der Waals surface area contributed by atoms with E-state index in [0.717, 1.165) is 190 Å². The molecule has 0 spiro atoms. The van der Waals surface area contributed by atoms with Gasteiger partial charge in [0.05, 0.1) is 50.7 Å². The molecule has 9 heterocycles. The van der Waals surface area contributed by atoms with E-state index in [1.165, 1.54) is 0 Å². The molecule has 22 rings (SSSR count). The fraction of sp³-hybridized carbons (Fsp3) is 0. The Hall–Kier alpha value is -12.5. The Morgan fingerprint density at radius 3 is 1.01 bits per heavy atom. The summed E-state index contributed by atoms with van der Waals surface area (Å²) < 4.78 is 43.6. The van der Waals surface area contributed by atoms with Crippen LogP contribution in [0.4, 0.5) is 11.4 Å². The largest absolute Gasteiger partial charge is 0.458 e. The zero-order chi connectivity index (χ0) is 62.4. The minimum Gasteiger partial charge on any atom is -0.458 e. The lowest BCUT2D eigenvalue weighted by atomic mass is 9.30. The van der Waals surface area contributed by atoms with Crippen molar-refractivity contribution < 1.29 is 23.7 Å². The molecule has 6 aliphatic rings. The van der Waals surface area contributed by atoms with Crippen LogP contribution in [-0.4, -0.2) is 33.8 Å². The summed E-state index contributed by atoms with van der Waals surface area (Å²) in [6.07, 6.45) is 0. The number of aromatic nitrogens is 3. The molecule has 0 saturated carbocycles. The number of nitrogens with one attached hydrogen (secondary N) is 1. The van der Waals surface area contributed by atoms with E-state index in [-0.39, 0.29) is 20.1 Å². The molecule has 0 saturated heterocycles. The molecule has 0 radical (unpaired) electrons. The first-order valence-corrected chi connectivity index (χ1v) is 32.8. The Bertz CT molecular complexity index is 5770. The SMILES string of the molecule is c1ccc(-c2cc3ccccc3n2-c2cc3c4c(c2)Oc2ccccc2B4c2cc4c(cc2N3)Oc2cc(-n3c(-c5ccccc5)cc5ccccc53)cc3c2B4c2cc4c(cc2O3)Oc2cc(-n3c(-c5ccccc5)cc5ccccc53)cc3c2B4c2ccccc2O3)cc1. The van der Waals surface area contributed by atoms with Crippen molar-refractivity contribution in [2.45, 2.75) is 0 Å². The van der Waals surface area contributed by atoms with Gasteiger partial charge >= 0.3 is 0 Å². The van der Waals surface area contributed by atoms with Gasteiger partial charge in [-0.3, -0.25) is 0 Å². The average molecular weight is 1230 g/mol. The summed E-state index contributed by atoms with van der Waals surface area (Å²) in [5, 5.41) is 7.46. The molecular weight excluding hydrogens is 1180 g/mol. The number of rotatable bonds is 6. The molecule has 9 nitrogen and oxygen atoms in total. The second-order valence-electron chi connectivity index (χ2n) is 25.9. The molecule has 6 aliphatic heterocycles. The zero-order valence-corrected chi connectivity index (χ0v) is 51.3. The van der Waals surface area contributed by atoms with Gasteiger partial charge in [-0.25, -0.2) is 0 Å². The second kappa shape index (κ2) is 19.5. The predicted molar refractivity (Wildman–Crippen MR) is 390 cm³/mol. The van der Waals surface area contributed by atoms with Gasteiger partial charge in [-0.15, -0.1) is 0 Å². The lowest BCUT2D eigenvalue weighted by molar-refractivity contribution is 0.451. The molecule has 0 fully saturated rings. The van der Waals surface area contributed by atoms with Gasteiger partial charge in [-0.1, -0.05) is 194 Å². The number of benzene rings is 13. The summed E-state index contributed by atoms with van der Waals surface area (Å²) in [5.41, 5.74) is 24.1. The first-order valence-electron chi connectivity index (χ1n) is 32.8. The minimum atomic E-state index is -0.337. The number of hydrogen-bond acceptors (Lipinski definition) is 6. The van der Waals surface area contributed by atoms with Crippen LogP contribution in [-0.2, 0) is 0 Å². The fourth-order valence-electron chi connectivity index (χ4n) is 16.6. The molecule has 3 aromatic heterocycles. The molecule has 444 valence electrons. The number of fused-ring (bicyclic) bond motifs is 15. The highest BCUT2D eigenvalue weighted by Gasteiger charge is 2.48. The summed E-state index contributed by atoms with van der Waals surface area (Å²) in [6.45, 7) is -0.760. The van der Waals surface area contributed by atoms with Crippen molar-refractivity contribution in [2.24, 2.45) is 0 Å². The maximum Gasteiger partial charge on any atom is 0.260 e. The Morgan fingerprint density at radius 2 is 0.562 bits per heavy atom. The number of para-hydroxylation sites is 5. The number of hydrogen-bond donors (Lipinski definition) is 1. The van der Waals surface area contributed by atoms with Crippen molar-refractivity contribution in [3.8, 4) is 108 Å². The third-order valence-corrected chi connectivity index (χ3v) is 20.7. The normalized spacial score (nSPS) is 13.4. The van der Waals surface area contributed by atoms with E-state index in [4.69, 9.17) is 23.7 Å². The van der Waals surface area contributed by atoms with E-state index in [1.54, 1.807) is 0 Å². The van der Waals surface area contributed by atoms with E-state index in [1.807, 2.05) is 0 Å². The van der Waals surface area contributed by atoms with Crippen molar-refractivity contribution in [3.05, 3.63) is 291 Å². The van der Waals surface area contributed by atoms with Gasteiger partial charge in [-0.2, -0.15) is 0 Å². The van der Waals surface area contributed by atoms with E-state index in [2.05, 4.69) is 310 Å². The lowest BCUT2D eigenvalue weighted by Gasteiger charge is -2.38. The van der Waals surface area contributed by atoms with Crippen LogP contribution in [0.2, 0.25) is 0 Å². The second-order valence-corrected chi connectivity index (χ2v) is 25.9. The zero-order valence-electron chi connectivity index (χ0n) is 51.3. The van der Waals surface area contributed by atoms with Gasteiger partial charge in [0, 0.05) is 80.9 Å². The van der Waals surface area contributed by atoms with Crippen molar-refractivity contribution in [1.29, 1.82) is 0 Å². The molecule has 0 amide bonds. The van der Waals surface area contributed by atoms with E-state index >= 15 is 0 Å². The third kappa shape index (κ3) is 7.43. The Morgan fingerprint density at radius 1 is 0.229 bits per heavy atom. The van der Waals surface area contributed by atoms with E-state index < -0.39 is 0 Å². The summed E-state index contributed by atoms with van der Waals surface area (Å²) in [6, 6.07) is 104. The predicted octanol–water partition coefficient (Wildman–Crippen LogP) is 14.7. The summed E-state index contributed by atoms with van der Waals surface area (Å²) in [4.78, 5) is 0. The topological polar surface area (TPSA) is 73.0 Å². The van der Waals surface area contributed by atoms with Crippen LogP contribution in [0, 0.1) is 0 Å². The quantitative estimate of drug-likeness (QED) is 0.167. The number of nitrogens with zero attached hydrogens (tertiary/aromatic N) is 3. The highest BCUT2D eigenvalue weighted by molar-refractivity contribution is 7.02. The lowest BCUT2D eigenvalue weighted by Crippen LogP contribution is -2.63. The molecule has 13 aromatic carbocycles. The van der Waals surface area contributed by atoms with Crippen molar-refractivity contribution in [2.75, 3.05) is 5.32 Å². The molecule has 0 aliphatic carbocycles. The van der Waals surface area contributed by atoms with Crippen LogP contribution in [0.25, 0.3) is 83.5 Å². The monoisotopic (exact) mass is 1230 g/mol. The van der Waals surface area contributed by atoms with Gasteiger partial charge < -0.3 is 42.7 Å². The number of ether oxygens (including phenoxy) is 5. The summed E-state index contributed by atoms with van der Waals surface area (Å²) >= 11 is 0. The van der Waals surface area contributed by atoms with Gasteiger partial charge in [0.2, 0.25) is 0 Å². The molecule has 1 N–H and O–H groups in total. The molecular formula is C84H49B3N4O5. The third-order valence-electron chi connectivity index (χ3n) is 20.7. The van der Waals surface area contributed by atoms with E-state index in [0.29, 0.717) is 11.5 Å². The van der Waals surface area contributed by atoms with Crippen molar-refractivity contribution in [3.63, 3.8) is 0 Å². The van der Waals surface area contributed by atoms with Crippen LogP contribution in [0.3, 0.4) is 0 Å². The summed E-state index contributed by atoms with van der Waals surface area (Å²) in [5.74, 6) is 7.59. The molecule has 0 bridgehead atoms. The Labute approximate surface area is 552 Å². The van der Waals surface area contributed by atoms with Crippen LogP contribution in [0.1, 0.15) is 0 Å². The van der Waals surface area contributed by atoms with Gasteiger partial charge in [-0.05, 0) is 110 Å². The van der Waals surface area contributed by atoms with Crippen LogP contribution in [0.5, 0.6) is 57.5 Å². The van der Waals surface area contributed by atoms with E-state index in [9.17, 15) is 0 Å². The van der Waals surface area contributed by atoms with Crippen molar-refractivity contribution in [1.82, 2.24) is 13.7 Å². The molecule has 0 atom stereocenters. The molecule has 16 aromatic rings. The number of anilines is 2. The van der Waals surface area contributed by atoms with Crippen LogP contribution < -0.4 is 78.2 Å². The van der Waals surface area contributed by atoms with Crippen LogP contribution >= 0.6 is 0 Å².